The number of amides is 1. The Morgan fingerprint density at radius 1 is 1.27 bits per heavy atom. The van der Waals surface area contributed by atoms with Gasteiger partial charge in [0.2, 0.25) is 0 Å². The quantitative estimate of drug-likeness (QED) is 0.705. The van der Waals surface area contributed by atoms with Crippen LogP contribution < -0.4 is 0 Å². The van der Waals surface area contributed by atoms with Gasteiger partial charge in [0.05, 0.1) is 0 Å². The van der Waals surface area contributed by atoms with Crippen LogP contribution in [0.4, 0.5) is 4.79 Å². The van der Waals surface area contributed by atoms with Crippen molar-refractivity contribution in [3.05, 3.63) is 34.3 Å². The highest BCUT2D eigenvalue weighted by Gasteiger charge is 2.29. The van der Waals surface area contributed by atoms with Crippen molar-refractivity contribution >= 4 is 22.0 Å². The lowest BCUT2D eigenvalue weighted by molar-refractivity contribution is 0.0239. The maximum atomic E-state index is 12.3. The van der Waals surface area contributed by atoms with Gasteiger partial charge in [-0.3, -0.25) is 0 Å². The monoisotopic (exact) mass is 367 g/mol. The van der Waals surface area contributed by atoms with Gasteiger partial charge in [0.25, 0.3) is 0 Å². The standard InChI is InChI=1S/C18H26BrNO2/c1-18(2,3)22-17(21)20(13-15-6-7-15)12-4-5-14-8-10-16(19)11-9-14/h8-11,15H,4-7,12-13H2,1-3H3. The highest BCUT2D eigenvalue weighted by Crippen LogP contribution is 2.30. The van der Waals surface area contributed by atoms with E-state index in [2.05, 4.69) is 40.2 Å². The Labute approximate surface area is 142 Å². The van der Waals surface area contributed by atoms with Gasteiger partial charge in [-0.1, -0.05) is 28.1 Å². The van der Waals surface area contributed by atoms with Gasteiger partial charge in [0.1, 0.15) is 5.60 Å². The molecule has 1 aromatic carbocycles. The summed E-state index contributed by atoms with van der Waals surface area (Å²) in [5.74, 6) is 0.681. The lowest BCUT2D eigenvalue weighted by Gasteiger charge is -2.27. The fourth-order valence-corrected chi connectivity index (χ4v) is 2.59. The SMILES string of the molecule is CC(C)(C)OC(=O)N(CCCc1ccc(Br)cc1)CC1CC1. The van der Waals surface area contributed by atoms with E-state index in [9.17, 15) is 4.79 Å². The average Bonchev–Trinajstić information content (AvgIpc) is 3.22. The molecule has 0 spiro atoms. The molecule has 0 heterocycles. The van der Waals surface area contributed by atoms with Gasteiger partial charge in [-0.05, 0) is 70.1 Å². The first-order chi connectivity index (χ1) is 10.3. The number of carbonyl (C=O) groups excluding carboxylic acids is 1. The molecule has 0 saturated heterocycles. The number of benzene rings is 1. The minimum Gasteiger partial charge on any atom is -0.444 e. The van der Waals surface area contributed by atoms with Crippen LogP contribution in [0.25, 0.3) is 0 Å². The number of aryl methyl sites for hydroxylation is 1. The maximum absolute atomic E-state index is 12.3. The Morgan fingerprint density at radius 2 is 1.91 bits per heavy atom. The van der Waals surface area contributed by atoms with E-state index in [4.69, 9.17) is 4.74 Å². The van der Waals surface area contributed by atoms with Crippen LogP contribution in [0.5, 0.6) is 0 Å². The molecule has 22 heavy (non-hydrogen) atoms. The van der Waals surface area contributed by atoms with E-state index in [1.165, 1.54) is 18.4 Å². The predicted octanol–water partition coefficient (Wildman–Crippen LogP) is 5.03. The normalized spacial score (nSPS) is 14.7. The lowest BCUT2D eigenvalue weighted by Crippen LogP contribution is -2.38. The smallest absolute Gasteiger partial charge is 0.410 e. The largest absolute Gasteiger partial charge is 0.444 e. The first-order valence-electron chi connectivity index (χ1n) is 8.06. The van der Waals surface area contributed by atoms with E-state index in [-0.39, 0.29) is 6.09 Å². The van der Waals surface area contributed by atoms with E-state index in [1.54, 1.807) is 0 Å². The van der Waals surface area contributed by atoms with Crippen LogP contribution in [-0.4, -0.2) is 29.7 Å². The summed E-state index contributed by atoms with van der Waals surface area (Å²) in [5, 5.41) is 0. The summed E-state index contributed by atoms with van der Waals surface area (Å²) in [5.41, 5.74) is 0.878. The Morgan fingerprint density at radius 3 is 2.45 bits per heavy atom. The zero-order chi connectivity index (χ0) is 16.2. The zero-order valence-electron chi connectivity index (χ0n) is 13.8. The van der Waals surface area contributed by atoms with Crippen molar-refractivity contribution in [2.45, 2.75) is 52.1 Å². The molecule has 0 bridgehead atoms. The molecule has 0 N–H and O–H groups in total. The van der Waals surface area contributed by atoms with Gasteiger partial charge < -0.3 is 9.64 Å². The van der Waals surface area contributed by atoms with Gasteiger partial charge in [-0.25, -0.2) is 4.79 Å². The van der Waals surface area contributed by atoms with Gasteiger partial charge >= 0.3 is 6.09 Å². The van der Waals surface area contributed by atoms with Crippen LogP contribution in [0.15, 0.2) is 28.7 Å². The molecule has 122 valence electrons. The van der Waals surface area contributed by atoms with Gasteiger partial charge in [-0.2, -0.15) is 0 Å². The Hall–Kier alpha value is -1.03. The fourth-order valence-electron chi connectivity index (χ4n) is 2.32. The highest BCUT2D eigenvalue weighted by atomic mass is 79.9. The highest BCUT2D eigenvalue weighted by molar-refractivity contribution is 9.10. The average molecular weight is 368 g/mol. The molecule has 0 radical (unpaired) electrons. The molecule has 1 fully saturated rings. The van der Waals surface area contributed by atoms with Crippen LogP contribution in [0.2, 0.25) is 0 Å². The molecular weight excluding hydrogens is 342 g/mol. The van der Waals surface area contributed by atoms with Crippen molar-refractivity contribution in [1.29, 1.82) is 0 Å². The third-order valence-electron chi connectivity index (χ3n) is 3.63. The topological polar surface area (TPSA) is 29.5 Å². The van der Waals surface area contributed by atoms with Crippen molar-refractivity contribution < 1.29 is 9.53 Å². The Balaban J connectivity index is 1.83. The van der Waals surface area contributed by atoms with E-state index in [0.29, 0.717) is 5.92 Å². The van der Waals surface area contributed by atoms with Crippen molar-refractivity contribution in [2.24, 2.45) is 5.92 Å². The molecule has 3 nitrogen and oxygen atoms in total. The minimum atomic E-state index is -0.426. The molecule has 1 amide bonds. The second kappa shape index (κ2) is 7.49. The van der Waals surface area contributed by atoms with E-state index in [0.717, 1.165) is 30.4 Å². The molecule has 0 aromatic heterocycles. The third kappa shape index (κ3) is 6.39. The van der Waals surface area contributed by atoms with E-state index < -0.39 is 5.60 Å². The number of carbonyl (C=O) groups is 1. The van der Waals surface area contributed by atoms with Crippen molar-refractivity contribution in [2.75, 3.05) is 13.1 Å². The van der Waals surface area contributed by atoms with E-state index in [1.807, 2.05) is 25.7 Å². The summed E-state index contributed by atoms with van der Waals surface area (Å²) in [7, 11) is 0. The predicted molar refractivity (Wildman–Crippen MR) is 93.0 cm³/mol. The summed E-state index contributed by atoms with van der Waals surface area (Å²) < 4.78 is 6.63. The minimum absolute atomic E-state index is 0.171. The van der Waals surface area contributed by atoms with Gasteiger partial charge in [0.15, 0.2) is 0 Å². The lowest BCUT2D eigenvalue weighted by atomic mass is 10.1. The fraction of sp³-hybridized carbons (Fsp3) is 0.611. The number of hydrogen-bond acceptors (Lipinski definition) is 2. The van der Waals surface area contributed by atoms with E-state index >= 15 is 0 Å². The van der Waals surface area contributed by atoms with Crippen molar-refractivity contribution in [3.8, 4) is 0 Å². The second-order valence-corrected chi connectivity index (χ2v) is 8.02. The first kappa shape index (κ1) is 17.3. The number of nitrogens with zero attached hydrogens (tertiary/aromatic N) is 1. The number of rotatable bonds is 6. The first-order valence-corrected chi connectivity index (χ1v) is 8.85. The molecule has 2 rings (SSSR count). The summed E-state index contributed by atoms with van der Waals surface area (Å²) in [4.78, 5) is 14.2. The molecular formula is C18H26BrNO2. The van der Waals surface area contributed by atoms with Crippen LogP contribution in [-0.2, 0) is 11.2 Å². The number of halogens is 1. The molecule has 0 unspecified atom stereocenters. The van der Waals surface area contributed by atoms with Crippen molar-refractivity contribution in [1.82, 2.24) is 4.90 Å². The summed E-state index contributed by atoms with van der Waals surface area (Å²) >= 11 is 3.45. The molecule has 1 aromatic rings. The van der Waals surface area contributed by atoms with Gasteiger partial charge in [0, 0.05) is 17.6 Å². The molecule has 0 atom stereocenters. The zero-order valence-corrected chi connectivity index (χ0v) is 15.4. The summed E-state index contributed by atoms with van der Waals surface area (Å²) in [6, 6.07) is 8.38. The van der Waals surface area contributed by atoms with Crippen molar-refractivity contribution in [3.63, 3.8) is 0 Å². The molecule has 0 aliphatic heterocycles. The molecule has 1 aliphatic rings. The second-order valence-electron chi connectivity index (χ2n) is 7.10. The maximum Gasteiger partial charge on any atom is 0.410 e. The number of hydrogen-bond donors (Lipinski definition) is 0. The van der Waals surface area contributed by atoms with Gasteiger partial charge in [-0.15, -0.1) is 0 Å². The summed E-state index contributed by atoms with van der Waals surface area (Å²) in [6.07, 6.45) is 4.26. The third-order valence-corrected chi connectivity index (χ3v) is 4.16. The van der Waals surface area contributed by atoms with Crippen LogP contribution in [0.3, 0.4) is 0 Å². The van der Waals surface area contributed by atoms with Crippen LogP contribution in [0.1, 0.15) is 45.6 Å². The Kier molecular flexibility index (Phi) is 5.90. The van der Waals surface area contributed by atoms with Crippen LogP contribution in [0, 0.1) is 5.92 Å². The summed E-state index contributed by atoms with van der Waals surface area (Å²) in [6.45, 7) is 7.36. The van der Waals surface area contributed by atoms with Crippen LogP contribution >= 0.6 is 15.9 Å². The molecule has 4 heteroatoms. The Bertz CT molecular complexity index is 489. The molecule has 1 aliphatic carbocycles. The number of ether oxygens (including phenoxy) is 1. The molecule has 1 saturated carbocycles.